The molecule has 2 amide bonds. The van der Waals surface area contributed by atoms with Gasteiger partial charge in [0, 0.05) is 17.3 Å². The normalized spacial score (nSPS) is 22.2. The Kier molecular flexibility index (Phi) is 11.9. The Bertz CT molecular complexity index is 2880. The fourth-order valence-corrected chi connectivity index (χ4v) is 13.0. The van der Waals surface area contributed by atoms with Gasteiger partial charge in [-0.2, -0.15) is 0 Å². The van der Waals surface area contributed by atoms with E-state index in [1.807, 2.05) is 18.2 Å². The van der Waals surface area contributed by atoms with Crippen LogP contribution in [0.4, 0.5) is 5.69 Å². The van der Waals surface area contributed by atoms with Crippen LogP contribution in [0.1, 0.15) is 49.4 Å². The fraction of sp³-hybridized carbons (Fsp3) is 0.217. The van der Waals surface area contributed by atoms with E-state index in [2.05, 4.69) is 65.6 Å². The third-order valence-corrected chi connectivity index (χ3v) is 15.9. The van der Waals surface area contributed by atoms with Crippen molar-refractivity contribution >= 4 is 139 Å². The maximum Gasteiger partial charge on any atom is 0.323 e. The highest BCUT2D eigenvalue weighted by molar-refractivity contribution is 8.27. The summed E-state index contributed by atoms with van der Waals surface area (Å²) in [5.74, 6) is -0.905. The Hall–Kier alpha value is -5.70. The van der Waals surface area contributed by atoms with Crippen molar-refractivity contribution in [2.24, 2.45) is 0 Å². The number of allylic oxidation sites excluding steroid dienone is 6. The molecule has 2 aliphatic carbocycles. The third kappa shape index (κ3) is 8.40. The topological polar surface area (TPSA) is 155 Å². The van der Waals surface area contributed by atoms with E-state index in [0.717, 1.165) is 78.4 Å². The smallest absolute Gasteiger partial charge is 0.323 e. The first-order chi connectivity index (χ1) is 31.5. The lowest BCUT2D eigenvalue weighted by Crippen LogP contribution is -2.33. The number of hydrogen-bond donors (Lipinski definition) is 2. The molecule has 2 saturated heterocycles. The molecule has 3 aromatic rings. The number of ether oxygens (including phenoxy) is 4. The number of thiocarbonyl (C=S) groups is 2. The van der Waals surface area contributed by atoms with Crippen molar-refractivity contribution in [1.82, 2.24) is 9.80 Å². The molecule has 0 bridgehead atoms. The molecule has 0 spiro atoms. The van der Waals surface area contributed by atoms with Crippen LogP contribution in [0.25, 0.3) is 30.4 Å². The molecule has 65 heavy (non-hydrogen) atoms. The van der Waals surface area contributed by atoms with E-state index < -0.39 is 36.8 Å². The quantitative estimate of drug-likeness (QED) is 0.139. The van der Waals surface area contributed by atoms with Gasteiger partial charge in [0.15, 0.2) is 23.0 Å². The van der Waals surface area contributed by atoms with Gasteiger partial charge < -0.3 is 34.1 Å². The lowest BCUT2D eigenvalue weighted by Gasteiger charge is -2.31. The second-order valence-electron chi connectivity index (χ2n) is 15.2. The van der Waals surface area contributed by atoms with Crippen LogP contribution in [0.15, 0.2) is 81.8 Å². The van der Waals surface area contributed by atoms with Gasteiger partial charge in [0.1, 0.15) is 48.2 Å². The van der Waals surface area contributed by atoms with Crippen molar-refractivity contribution in [3.8, 4) is 23.0 Å². The molecule has 2 aromatic heterocycles. The van der Waals surface area contributed by atoms with E-state index in [1.165, 1.54) is 28.2 Å². The lowest BCUT2D eigenvalue weighted by atomic mass is 9.87. The average Bonchev–Trinajstić information content (AvgIpc) is 4.07. The number of rotatable bonds is 11. The Morgan fingerprint density at radius 3 is 1.82 bits per heavy atom. The zero-order valence-electron chi connectivity index (χ0n) is 33.9. The van der Waals surface area contributed by atoms with Crippen LogP contribution in [0.2, 0.25) is 0 Å². The van der Waals surface area contributed by atoms with Gasteiger partial charge in [-0.15, -0.1) is 22.7 Å². The minimum absolute atomic E-state index is 0.0250. The van der Waals surface area contributed by atoms with E-state index in [0.29, 0.717) is 69.0 Å². The molecule has 2 fully saturated rings. The molecule has 19 heteroatoms. The van der Waals surface area contributed by atoms with E-state index in [1.54, 1.807) is 12.2 Å². The number of carboxylic acid groups (broad SMARTS) is 2. The predicted molar refractivity (Wildman–Crippen MR) is 263 cm³/mol. The molecule has 2 N–H and O–H groups in total. The summed E-state index contributed by atoms with van der Waals surface area (Å²) in [5.41, 5.74) is 5.47. The zero-order valence-corrected chi connectivity index (χ0v) is 38.8. The van der Waals surface area contributed by atoms with Gasteiger partial charge in [0.05, 0.1) is 35.4 Å². The summed E-state index contributed by atoms with van der Waals surface area (Å²) >= 11 is 15.6. The van der Waals surface area contributed by atoms with Gasteiger partial charge in [-0.05, 0) is 72.1 Å². The van der Waals surface area contributed by atoms with Crippen LogP contribution >= 0.6 is 70.6 Å². The Morgan fingerprint density at radius 1 is 0.723 bits per heavy atom. The molecular weight excluding hydrogens is 947 g/mol. The Morgan fingerprint density at radius 2 is 1.28 bits per heavy atom. The van der Waals surface area contributed by atoms with Crippen molar-refractivity contribution in [3.05, 3.63) is 112 Å². The molecule has 13 nitrogen and oxygen atoms in total. The maximum atomic E-state index is 13.1. The van der Waals surface area contributed by atoms with Gasteiger partial charge in [-0.25, -0.2) is 0 Å². The zero-order chi connectivity index (χ0) is 44.9. The fourth-order valence-electron chi connectivity index (χ4n) is 8.26. The molecule has 2 unspecified atom stereocenters. The number of carbonyl (C=O) groups is 4. The van der Waals surface area contributed by atoms with Crippen molar-refractivity contribution < 1.29 is 48.3 Å². The lowest BCUT2D eigenvalue weighted by molar-refractivity contribution is -0.140. The molecule has 1 aromatic carbocycles. The van der Waals surface area contributed by atoms with Gasteiger partial charge in [-0.1, -0.05) is 96.6 Å². The van der Waals surface area contributed by atoms with Crippen LogP contribution in [0.3, 0.4) is 0 Å². The van der Waals surface area contributed by atoms with Crippen LogP contribution in [0.5, 0.6) is 23.0 Å². The molecule has 10 rings (SSSR count). The number of aliphatic carboxylic acids is 2. The van der Waals surface area contributed by atoms with Gasteiger partial charge in [0.2, 0.25) is 0 Å². The number of anilines is 1. The number of hydrogen-bond acceptors (Lipinski definition) is 15. The summed E-state index contributed by atoms with van der Waals surface area (Å²) < 4.78 is 24.6. The minimum Gasteiger partial charge on any atom is -0.485 e. The highest BCUT2D eigenvalue weighted by atomic mass is 32.2. The van der Waals surface area contributed by atoms with Gasteiger partial charge in [0.25, 0.3) is 11.8 Å². The first-order valence-corrected chi connectivity index (χ1v) is 24.4. The Balaban J connectivity index is 0.944. The van der Waals surface area contributed by atoms with Gasteiger partial charge >= 0.3 is 11.9 Å². The monoisotopic (exact) mass is 981 g/mol. The molecule has 5 aliphatic heterocycles. The first-order valence-electron chi connectivity index (χ1n) is 20.4. The summed E-state index contributed by atoms with van der Waals surface area (Å²) in [6.45, 7) is 0.464. The standard InChI is InChI=1S/C46H35N3O10S6/c50-37(51)22-47-43(54)35(64-45(47)60)20-33-41-39(56-14-16-58-41)31(62-33)12-8-24-6-10-29-27(18-24)28-19-25(7-11-30(28)49(29)26-4-2-1-3-5-26)9-13-32-40-42(59-17-15-57-40)34(63-32)21-36-44(55)48(23-38(52)53)46(61)65-36/h2,4-13,18-21,27,29H,1,3,14-17,22-23H2,(H,50,51)(H,52,53)/b12-8+,13-9+,35-20+,36-21+. The number of thiophene rings is 2. The maximum absolute atomic E-state index is 13.1. The predicted octanol–water partition coefficient (Wildman–Crippen LogP) is 8.81. The van der Waals surface area contributed by atoms with Crippen molar-refractivity contribution in [1.29, 1.82) is 0 Å². The highest BCUT2D eigenvalue weighted by Gasteiger charge is 2.40. The van der Waals surface area contributed by atoms with Crippen LogP contribution in [-0.4, -0.2) is 98.0 Å². The largest absolute Gasteiger partial charge is 0.485 e. The SMILES string of the molecule is O=C(O)CN1C(=O)/C(=C\c2sc(/C=C/C3=CC4c5cc(/C=C/c6sc(/C=C7/SC(=S)N(CC(=O)O)C7=O)c7c6OCCO7)ccc5N(C5=CCCC=C5)C4C=C3)c3c2OCCO3)SC1=S. The molecule has 0 saturated carbocycles. The number of benzene rings is 1. The van der Waals surface area contributed by atoms with E-state index in [-0.39, 0.29) is 20.6 Å². The first kappa shape index (κ1) is 43.2. The van der Waals surface area contributed by atoms with E-state index >= 15 is 0 Å². The summed E-state index contributed by atoms with van der Waals surface area (Å²) in [7, 11) is 0. The summed E-state index contributed by atoms with van der Waals surface area (Å²) in [6, 6.07) is 6.56. The number of nitrogens with zero attached hydrogens (tertiary/aromatic N) is 3. The van der Waals surface area contributed by atoms with Crippen molar-refractivity contribution in [3.63, 3.8) is 0 Å². The van der Waals surface area contributed by atoms with Crippen LogP contribution < -0.4 is 23.8 Å². The van der Waals surface area contributed by atoms with Crippen molar-refractivity contribution in [2.75, 3.05) is 44.4 Å². The summed E-state index contributed by atoms with van der Waals surface area (Å²) in [5, 5.41) is 18.6. The molecule has 7 heterocycles. The third-order valence-electron chi connectivity index (χ3n) is 11.1. The van der Waals surface area contributed by atoms with Crippen LogP contribution in [-0.2, 0) is 19.2 Å². The number of carbonyl (C=O) groups excluding carboxylic acids is 2. The summed E-state index contributed by atoms with van der Waals surface area (Å²) in [6.07, 6.45) is 26.9. The van der Waals surface area contributed by atoms with Gasteiger partial charge in [-0.3, -0.25) is 29.0 Å². The second-order valence-corrected chi connectivity index (χ2v) is 20.7. The molecule has 0 radical (unpaired) electrons. The van der Waals surface area contributed by atoms with E-state index in [4.69, 9.17) is 43.4 Å². The number of fused-ring (bicyclic) bond motifs is 5. The highest BCUT2D eigenvalue weighted by Crippen LogP contribution is 2.51. The minimum atomic E-state index is -1.14. The average molecular weight is 982 g/mol. The van der Waals surface area contributed by atoms with Crippen molar-refractivity contribution in [2.45, 2.75) is 24.8 Å². The Labute approximate surface area is 399 Å². The molecule has 330 valence electrons. The molecular formula is C46H35N3O10S6. The molecule has 7 aliphatic rings. The number of amides is 2. The molecule has 2 atom stereocenters. The number of carboxylic acids is 2. The number of thioether (sulfide) groups is 2. The second kappa shape index (κ2) is 17.9. The van der Waals surface area contributed by atoms with Crippen LogP contribution in [0, 0.1) is 0 Å². The summed E-state index contributed by atoms with van der Waals surface area (Å²) in [4.78, 5) is 57.1. The van der Waals surface area contributed by atoms with E-state index in [9.17, 15) is 29.4 Å².